The Labute approximate surface area is 137 Å². The molecule has 3 unspecified atom stereocenters. The molecule has 21 heavy (non-hydrogen) atoms. The Bertz CT molecular complexity index is 449. The molecule has 1 aliphatic rings. The molecule has 0 bridgehead atoms. The van der Waals surface area contributed by atoms with Crippen molar-refractivity contribution in [2.24, 2.45) is 11.8 Å². The van der Waals surface area contributed by atoms with Crippen LogP contribution in [-0.2, 0) is 6.42 Å². The first kappa shape index (κ1) is 16.8. The first-order valence-corrected chi connectivity index (χ1v) is 8.96. The molecule has 0 spiro atoms. The van der Waals surface area contributed by atoms with Crippen LogP contribution in [0.5, 0.6) is 5.75 Å². The summed E-state index contributed by atoms with van der Waals surface area (Å²) in [6, 6.07) is 7.03. The van der Waals surface area contributed by atoms with Crippen molar-refractivity contribution < 1.29 is 4.74 Å². The van der Waals surface area contributed by atoms with Crippen LogP contribution >= 0.6 is 15.9 Å². The smallest absolute Gasteiger partial charge is 0.133 e. The number of hydrogen-bond acceptors (Lipinski definition) is 2. The minimum atomic E-state index is 0.583. The highest BCUT2D eigenvalue weighted by atomic mass is 79.9. The summed E-state index contributed by atoms with van der Waals surface area (Å²) in [5.41, 5.74) is 1.38. The highest BCUT2D eigenvalue weighted by molar-refractivity contribution is 9.10. The molecule has 0 aliphatic heterocycles. The Hall–Kier alpha value is -0.540. The van der Waals surface area contributed by atoms with Crippen molar-refractivity contribution in [1.82, 2.24) is 5.32 Å². The van der Waals surface area contributed by atoms with E-state index in [0.717, 1.165) is 28.5 Å². The van der Waals surface area contributed by atoms with Gasteiger partial charge in [-0.05, 0) is 71.8 Å². The SMILES string of the molecule is CCC1CCCC(C(Cc2ccc(OC)c(Br)c2)NC)C1. The van der Waals surface area contributed by atoms with Crippen LogP contribution in [0.25, 0.3) is 0 Å². The minimum Gasteiger partial charge on any atom is -0.496 e. The molecule has 1 N–H and O–H groups in total. The van der Waals surface area contributed by atoms with Crippen LogP contribution in [0.1, 0.15) is 44.6 Å². The lowest BCUT2D eigenvalue weighted by Gasteiger charge is -2.34. The fourth-order valence-electron chi connectivity index (χ4n) is 3.66. The molecular weight excluding hydrogens is 326 g/mol. The molecule has 1 aromatic carbocycles. The lowest BCUT2D eigenvalue weighted by molar-refractivity contribution is 0.212. The van der Waals surface area contributed by atoms with Gasteiger partial charge in [-0.3, -0.25) is 0 Å². The van der Waals surface area contributed by atoms with Crippen molar-refractivity contribution in [3.05, 3.63) is 28.2 Å². The Morgan fingerprint density at radius 2 is 2.19 bits per heavy atom. The Morgan fingerprint density at radius 1 is 1.38 bits per heavy atom. The molecule has 0 aromatic heterocycles. The molecule has 1 saturated carbocycles. The number of halogens is 1. The van der Waals surface area contributed by atoms with Gasteiger partial charge in [0.15, 0.2) is 0 Å². The second kappa shape index (κ2) is 8.19. The molecule has 2 rings (SSSR count). The number of rotatable bonds is 6. The van der Waals surface area contributed by atoms with E-state index in [-0.39, 0.29) is 0 Å². The van der Waals surface area contributed by atoms with Gasteiger partial charge in [0.2, 0.25) is 0 Å². The zero-order chi connectivity index (χ0) is 15.2. The normalized spacial score (nSPS) is 23.8. The minimum absolute atomic E-state index is 0.583. The zero-order valence-corrected chi connectivity index (χ0v) is 15.1. The number of methoxy groups -OCH3 is 1. The average molecular weight is 354 g/mol. The Morgan fingerprint density at radius 3 is 2.81 bits per heavy atom. The zero-order valence-electron chi connectivity index (χ0n) is 13.5. The first-order valence-electron chi connectivity index (χ1n) is 8.17. The monoisotopic (exact) mass is 353 g/mol. The quantitative estimate of drug-likeness (QED) is 0.792. The molecule has 0 heterocycles. The summed E-state index contributed by atoms with van der Waals surface area (Å²) in [4.78, 5) is 0. The number of hydrogen-bond donors (Lipinski definition) is 1. The van der Waals surface area contributed by atoms with E-state index < -0.39 is 0 Å². The van der Waals surface area contributed by atoms with Crippen LogP contribution in [0.4, 0.5) is 0 Å². The molecule has 2 nitrogen and oxygen atoms in total. The standard InChI is InChI=1S/C18H28BrNO/c1-4-13-6-5-7-15(10-13)17(20-2)12-14-8-9-18(21-3)16(19)11-14/h8-9,11,13,15,17,20H,4-7,10,12H2,1-3H3. The summed E-state index contributed by atoms with van der Waals surface area (Å²) in [5.74, 6) is 2.65. The summed E-state index contributed by atoms with van der Waals surface area (Å²) < 4.78 is 6.36. The fourth-order valence-corrected chi connectivity index (χ4v) is 4.25. The Kier molecular flexibility index (Phi) is 6.56. The summed E-state index contributed by atoms with van der Waals surface area (Å²) in [7, 11) is 3.82. The number of ether oxygens (including phenoxy) is 1. The lowest BCUT2D eigenvalue weighted by Crippen LogP contribution is -2.38. The van der Waals surface area contributed by atoms with Gasteiger partial charge in [-0.1, -0.05) is 32.3 Å². The number of nitrogens with one attached hydrogen (secondary N) is 1. The van der Waals surface area contributed by atoms with Crippen molar-refractivity contribution >= 4 is 15.9 Å². The molecule has 118 valence electrons. The second-order valence-corrected chi connectivity index (χ2v) is 7.12. The molecule has 0 radical (unpaired) electrons. The van der Waals surface area contributed by atoms with E-state index in [1.807, 2.05) is 0 Å². The van der Waals surface area contributed by atoms with E-state index >= 15 is 0 Å². The summed E-state index contributed by atoms with van der Waals surface area (Å²) in [6.45, 7) is 2.34. The van der Waals surface area contributed by atoms with Gasteiger partial charge in [-0.15, -0.1) is 0 Å². The summed E-state index contributed by atoms with van der Waals surface area (Å²) in [6.07, 6.45) is 8.02. The van der Waals surface area contributed by atoms with Gasteiger partial charge in [-0.25, -0.2) is 0 Å². The maximum atomic E-state index is 5.31. The van der Waals surface area contributed by atoms with Gasteiger partial charge in [0, 0.05) is 6.04 Å². The number of likely N-dealkylation sites (N-methyl/N-ethyl adjacent to an activating group) is 1. The third kappa shape index (κ3) is 4.46. The maximum absolute atomic E-state index is 5.31. The molecule has 1 aliphatic carbocycles. The predicted molar refractivity (Wildman–Crippen MR) is 93.0 cm³/mol. The molecule has 3 heteroatoms. The van der Waals surface area contributed by atoms with Gasteiger partial charge >= 0.3 is 0 Å². The summed E-state index contributed by atoms with van der Waals surface area (Å²) >= 11 is 3.59. The fraction of sp³-hybridized carbons (Fsp3) is 0.667. The number of benzene rings is 1. The molecule has 3 atom stereocenters. The van der Waals surface area contributed by atoms with Gasteiger partial charge in [0.05, 0.1) is 11.6 Å². The Balaban J connectivity index is 2.03. The largest absolute Gasteiger partial charge is 0.496 e. The van der Waals surface area contributed by atoms with Crippen LogP contribution in [-0.4, -0.2) is 20.2 Å². The lowest BCUT2D eigenvalue weighted by atomic mass is 9.75. The van der Waals surface area contributed by atoms with E-state index in [9.17, 15) is 0 Å². The topological polar surface area (TPSA) is 21.3 Å². The van der Waals surface area contributed by atoms with Gasteiger partial charge in [0.1, 0.15) is 5.75 Å². The van der Waals surface area contributed by atoms with E-state index in [1.165, 1.54) is 37.7 Å². The summed E-state index contributed by atoms with van der Waals surface area (Å²) in [5, 5.41) is 3.57. The van der Waals surface area contributed by atoms with Crippen molar-refractivity contribution in [3.8, 4) is 5.75 Å². The molecule has 1 fully saturated rings. The third-order valence-electron chi connectivity index (χ3n) is 5.01. The molecule has 0 saturated heterocycles. The average Bonchev–Trinajstić information content (AvgIpc) is 2.52. The molecule has 1 aromatic rings. The van der Waals surface area contributed by atoms with Gasteiger partial charge < -0.3 is 10.1 Å². The van der Waals surface area contributed by atoms with Crippen LogP contribution in [0.15, 0.2) is 22.7 Å². The highest BCUT2D eigenvalue weighted by Crippen LogP contribution is 2.34. The van der Waals surface area contributed by atoms with Crippen LogP contribution in [0, 0.1) is 11.8 Å². The molecular formula is C18H28BrNO. The van der Waals surface area contributed by atoms with E-state index in [1.54, 1.807) is 7.11 Å². The van der Waals surface area contributed by atoms with Crippen LogP contribution in [0.3, 0.4) is 0 Å². The van der Waals surface area contributed by atoms with Crippen molar-refractivity contribution in [2.45, 2.75) is 51.5 Å². The van der Waals surface area contributed by atoms with Crippen molar-refractivity contribution in [3.63, 3.8) is 0 Å². The van der Waals surface area contributed by atoms with Crippen molar-refractivity contribution in [2.75, 3.05) is 14.2 Å². The predicted octanol–water partition coefficient (Wildman–Crippen LogP) is 4.80. The first-order chi connectivity index (χ1) is 10.2. The molecule has 0 amide bonds. The maximum Gasteiger partial charge on any atom is 0.133 e. The third-order valence-corrected chi connectivity index (χ3v) is 5.63. The van der Waals surface area contributed by atoms with Gasteiger partial charge in [0.25, 0.3) is 0 Å². The van der Waals surface area contributed by atoms with E-state index in [2.05, 4.69) is 53.4 Å². The van der Waals surface area contributed by atoms with Crippen LogP contribution in [0.2, 0.25) is 0 Å². The van der Waals surface area contributed by atoms with E-state index in [4.69, 9.17) is 4.74 Å². The van der Waals surface area contributed by atoms with Crippen molar-refractivity contribution in [1.29, 1.82) is 0 Å². The van der Waals surface area contributed by atoms with Gasteiger partial charge in [-0.2, -0.15) is 0 Å². The highest BCUT2D eigenvalue weighted by Gasteiger charge is 2.27. The van der Waals surface area contributed by atoms with E-state index in [0.29, 0.717) is 6.04 Å². The second-order valence-electron chi connectivity index (χ2n) is 6.27. The van der Waals surface area contributed by atoms with Crippen LogP contribution < -0.4 is 10.1 Å².